The van der Waals surface area contributed by atoms with E-state index in [1.54, 1.807) is 0 Å². The zero-order valence-corrected chi connectivity index (χ0v) is 11.7. The van der Waals surface area contributed by atoms with E-state index >= 15 is 0 Å². The first kappa shape index (κ1) is 14.8. The van der Waals surface area contributed by atoms with Crippen LogP contribution in [0.1, 0.15) is 59.3 Å². The molecule has 0 aliphatic heterocycles. The topological polar surface area (TPSA) is 62.1 Å². The first-order valence-electron chi connectivity index (χ1n) is 6.77. The summed E-state index contributed by atoms with van der Waals surface area (Å²) in [6.07, 6.45) is 5.52. The Kier molecular flexibility index (Phi) is 5.46. The number of nitrogens with zero attached hydrogens (tertiary/aromatic N) is 1. The van der Waals surface area contributed by atoms with Crippen LogP contribution in [-0.2, 0) is 4.74 Å². The number of rotatable bonds is 3. The summed E-state index contributed by atoms with van der Waals surface area (Å²) in [4.78, 5) is 11.6. The second-order valence-corrected chi connectivity index (χ2v) is 6.06. The minimum Gasteiger partial charge on any atom is -0.444 e. The van der Waals surface area contributed by atoms with E-state index in [1.165, 1.54) is 0 Å². The van der Waals surface area contributed by atoms with Gasteiger partial charge >= 0.3 is 6.09 Å². The van der Waals surface area contributed by atoms with Crippen LogP contribution < -0.4 is 5.32 Å². The second kappa shape index (κ2) is 6.63. The molecule has 102 valence electrons. The van der Waals surface area contributed by atoms with E-state index in [-0.39, 0.29) is 12.1 Å². The Morgan fingerprint density at radius 3 is 2.44 bits per heavy atom. The molecule has 0 atom stereocenters. The van der Waals surface area contributed by atoms with Crippen LogP contribution in [0.3, 0.4) is 0 Å². The first-order valence-corrected chi connectivity index (χ1v) is 6.77. The van der Waals surface area contributed by atoms with Crippen LogP contribution in [0.2, 0.25) is 0 Å². The molecule has 1 N–H and O–H groups in total. The molecule has 4 heteroatoms. The SMILES string of the molecule is CC(C)(C)OC(=O)NC1CCC(CCC#N)CC1. The molecule has 1 saturated carbocycles. The van der Waals surface area contributed by atoms with Gasteiger partial charge in [0, 0.05) is 12.5 Å². The molecule has 0 radical (unpaired) electrons. The maximum atomic E-state index is 11.6. The van der Waals surface area contributed by atoms with Gasteiger partial charge in [0.1, 0.15) is 5.60 Å². The van der Waals surface area contributed by atoms with Crippen molar-refractivity contribution in [3.63, 3.8) is 0 Å². The van der Waals surface area contributed by atoms with E-state index in [9.17, 15) is 4.79 Å². The summed E-state index contributed by atoms with van der Waals surface area (Å²) >= 11 is 0. The van der Waals surface area contributed by atoms with Gasteiger partial charge in [-0.15, -0.1) is 0 Å². The number of carbonyl (C=O) groups is 1. The molecule has 0 unspecified atom stereocenters. The maximum Gasteiger partial charge on any atom is 0.407 e. The summed E-state index contributed by atoms with van der Waals surface area (Å²) in [5.41, 5.74) is -0.436. The number of ether oxygens (including phenoxy) is 1. The fourth-order valence-electron chi connectivity index (χ4n) is 2.34. The van der Waals surface area contributed by atoms with Crippen molar-refractivity contribution in [1.29, 1.82) is 5.26 Å². The minimum atomic E-state index is -0.436. The fraction of sp³-hybridized carbons (Fsp3) is 0.857. The summed E-state index contributed by atoms with van der Waals surface area (Å²) in [5.74, 6) is 0.654. The van der Waals surface area contributed by atoms with Gasteiger partial charge < -0.3 is 10.1 Å². The number of nitrogens with one attached hydrogen (secondary N) is 1. The normalized spacial score (nSPS) is 24.1. The van der Waals surface area contributed by atoms with Crippen LogP contribution in [0, 0.1) is 17.2 Å². The van der Waals surface area contributed by atoms with Crippen molar-refractivity contribution in [2.45, 2.75) is 70.9 Å². The number of alkyl carbamates (subject to hydrolysis) is 1. The Balaban J connectivity index is 2.23. The van der Waals surface area contributed by atoms with Crippen molar-refractivity contribution in [3.8, 4) is 6.07 Å². The highest BCUT2D eigenvalue weighted by molar-refractivity contribution is 5.68. The molecule has 1 aliphatic carbocycles. The third-order valence-corrected chi connectivity index (χ3v) is 3.23. The predicted octanol–water partition coefficient (Wildman–Crippen LogP) is 3.37. The zero-order valence-electron chi connectivity index (χ0n) is 11.7. The Morgan fingerprint density at radius 1 is 1.33 bits per heavy atom. The average molecular weight is 252 g/mol. The Hall–Kier alpha value is -1.24. The largest absolute Gasteiger partial charge is 0.444 e. The van der Waals surface area contributed by atoms with E-state index in [0.717, 1.165) is 32.1 Å². The van der Waals surface area contributed by atoms with Crippen molar-refractivity contribution >= 4 is 6.09 Å². The maximum absolute atomic E-state index is 11.6. The number of carbonyl (C=O) groups excluding carboxylic acids is 1. The summed E-state index contributed by atoms with van der Waals surface area (Å²) in [5, 5.41) is 11.5. The van der Waals surface area contributed by atoms with Crippen LogP contribution in [0.25, 0.3) is 0 Å². The van der Waals surface area contributed by atoms with Crippen LogP contribution in [0.4, 0.5) is 4.79 Å². The third kappa shape index (κ3) is 5.90. The molecule has 0 saturated heterocycles. The molecule has 0 spiro atoms. The van der Waals surface area contributed by atoms with Gasteiger partial charge in [-0.1, -0.05) is 0 Å². The van der Waals surface area contributed by atoms with Crippen molar-refractivity contribution in [2.24, 2.45) is 5.92 Å². The van der Waals surface area contributed by atoms with Crippen LogP contribution in [0.5, 0.6) is 0 Å². The molecule has 4 nitrogen and oxygen atoms in total. The molecule has 0 bridgehead atoms. The van der Waals surface area contributed by atoms with Gasteiger partial charge in [-0.25, -0.2) is 4.79 Å². The van der Waals surface area contributed by atoms with Crippen LogP contribution in [0.15, 0.2) is 0 Å². The van der Waals surface area contributed by atoms with Gasteiger partial charge in [0.2, 0.25) is 0 Å². The number of nitriles is 1. The quantitative estimate of drug-likeness (QED) is 0.837. The van der Waals surface area contributed by atoms with Gasteiger partial charge in [-0.2, -0.15) is 5.26 Å². The second-order valence-electron chi connectivity index (χ2n) is 6.06. The molecular formula is C14H24N2O2. The van der Waals surface area contributed by atoms with Crippen LogP contribution >= 0.6 is 0 Å². The van der Waals surface area contributed by atoms with Gasteiger partial charge in [0.15, 0.2) is 0 Å². The first-order chi connectivity index (χ1) is 8.40. The third-order valence-electron chi connectivity index (χ3n) is 3.23. The molecule has 0 aromatic carbocycles. The molecule has 1 amide bonds. The molecular weight excluding hydrogens is 228 g/mol. The van der Waals surface area contributed by atoms with Gasteiger partial charge in [-0.05, 0) is 58.8 Å². The van der Waals surface area contributed by atoms with E-state index in [4.69, 9.17) is 10.00 Å². The Morgan fingerprint density at radius 2 is 1.94 bits per heavy atom. The van der Waals surface area contributed by atoms with Crippen molar-refractivity contribution < 1.29 is 9.53 Å². The van der Waals surface area contributed by atoms with E-state index in [0.29, 0.717) is 12.3 Å². The van der Waals surface area contributed by atoms with E-state index in [2.05, 4.69) is 11.4 Å². The number of amides is 1. The monoisotopic (exact) mass is 252 g/mol. The lowest BCUT2D eigenvalue weighted by Crippen LogP contribution is -2.40. The smallest absolute Gasteiger partial charge is 0.407 e. The van der Waals surface area contributed by atoms with Crippen LogP contribution in [-0.4, -0.2) is 17.7 Å². The molecule has 1 fully saturated rings. The summed E-state index contributed by atoms with van der Waals surface area (Å²) in [6.45, 7) is 5.60. The molecule has 18 heavy (non-hydrogen) atoms. The Labute approximate surface area is 110 Å². The highest BCUT2D eigenvalue weighted by Crippen LogP contribution is 2.27. The van der Waals surface area contributed by atoms with E-state index < -0.39 is 5.60 Å². The summed E-state index contributed by atoms with van der Waals surface area (Å²) < 4.78 is 5.24. The minimum absolute atomic E-state index is 0.234. The number of hydrogen-bond acceptors (Lipinski definition) is 3. The van der Waals surface area contributed by atoms with Crippen molar-refractivity contribution in [2.75, 3.05) is 0 Å². The summed E-state index contributed by atoms with van der Waals surface area (Å²) in [6, 6.07) is 2.43. The van der Waals surface area contributed by atoms with Crippen molar-refractivity contribution in [1.82, 2.24) is 5.32 Å². The fourth-order valence-corrected chi connectivity index (χ4v) is 2.34. The lowest BCUT2D eigenvalue weighted by Gasteiger charge is -2.29. The highest BCUT2D eigenvalue weighted by Gasteiger charge is 2.24. The Bertz CT molecular complexity index is 307. The standard InChI is InChI=1S/C14H24N2O2/c1-14(2,3)18-13(17)16-12-8-6-11(7-9-12)5-4-10-15/h11-12H,4-9H2,1-3H3,(H,16,17). The highest BCUT2D eigenvalue weighted by atomic mass is 16.6. The van der Waals surface area contributed by atoms with Gasteiger partial charge in [0.25, 0.3) is 0 Å². The number of hydrogen-bond donors (Lipinski definition) is 1. The van der Waals surface area contributed by atoms with Crippen molar-refractivity contribution in [3.05, 3.63) is 0 Å². The molecule has 1 rings (SSSR count). The lowest BCUT2D eigenvalue weighted by molar-refractivity contribution is 0.0487. The molecule has 1 aliphatic rings. The predicted molar refractivity (Wildman–Crippen MR) is 70.0 cm³/mol. The molecule has 0 aromatic rings. The van der Waals surface area contributed by atoms with E-state index in [1.807, 2.05) is 20.8 Å². The summed E-state index contributed by atoms with van der Waals surface area (Å²) in [7, 11) is 0. The average Bonchev–Trinajstić information content (AvgIpc) is 2.25. The zero-order chi connectivity index (χ0) is 13.6. The van der Waals surface area contributed by atoms with Gasteiger partial charge in [-0.3, -0.25) is 0 Å². The lowest BCUT2D eigenvalue weighted by atomic mass is 9.83. The van der Waals surface area contributed by atoms with Gasteiger partial charge in [0.05, 0.1) is 6.07 Å². The molecule has 0 aromatic heterocycles. The molecule has 0 heterocycles.